The number of aliphatic carboxylic acids is 2. The van der Waals surface area contributed by atoms with Crippen LogP contribution in [-0.2, 0) is 19.1 Å². The Bertz CT molecular complexity index is 687. The highest BCUT2D eigenvalue weighted by Crippen LogP contribution is 2.29. The van der Waals surface area contributed by atoms with Crippen molar-refractivity contribution in [3.63, 3.8) is 0 Å². The molecule has 0 aliphatic carbocycles. The molecule has 1 saturated heterocycles. The van der Waals surface area contributed by atoms with Crippen LogP contribution < -0.4 is 14.8 Å². The maximum Gasteiger partial charge on any atom is 0.414 e. The number of carbonyl (C=O) groups is 3. The zero-order valence-electron chi connectivity index (χ0n) is 17.0. The predicted octanol–water partition coefficient (Wildman–Crippen LogP) is 1.30. The number of carboxylic acid groups (broad SMARTS) is 2. The van der Waals surface area contributed by atoms with Crippen molar-refractivity contribution in [2.75, 3.05) is 39.2 Å². The van der Waals surface area contributed by atoms with Gasteiger partial charge in [-0.1, -0.05) is 0 Å². The highest BCUT2D eigenvalue weighted by molar-refractivity contribution is 6.27. The molecule has 2 rings (SSSR count). The highest BCUT2D eigenvalue weighted by atomic mass is 16.5. The monoisotopic (exact) mass is 412 g/mol. The van der Waals surface area contributed by atoms with Crippen molar-refractivity contribution in [2.45, 2.75) is 32.5 Å². The fraction of sp³-hybridized carbons (Fsp3) is 0.526. The van der Waals surface area contributed by atoms with Crippen molar-refractivity contribution in [3.8, 4) is 11.5 Å². The minimum Gasteiger partial charge on any atom is -0.497 e. The predicted molar refractivity (Wildman–Crippen MR) is 105 cm³/mol. The minimum atomic E-state index is -1.82. The van der Waals surface area contributed by atoms with E-state index in [-0.39, 0.29) is 18.1 Å². The Hall–Kier alpha value is -2.85. The van der Waals surface area contributed by atoms with Crippen LogP contribution in [0.3, 0.4) is 0 Å². The second kappa shape index (κ2) is 11.9. The normalized spacial score (nSPS) is 18.8. The third kappa shape index (κ3) is 8.79. The molecule has 10 heteroatoms. The molecule has 2 atom stereocenters. The summed E-state index contributed by atoms with van der Waals surface area (Å²) in [6.45, 7) is 6.56. The summed E-state index contributed by atoms with van der Waals surface area (Å²) >= 11 is 0. The SMILES string of the molecule is COc1ccc(OC)c(NC(=O)CCN2CC(C)OC(C)C2)c1.O=C(O)C(=O)O. The fourth-order valence-electron chi connectivity index (χ4n) is 2.85. The Morgan fingerprint density at radius 3 is 2.17 bits per heavy atom. The first-order valence-corrected chi connectivity index (χ1v) is 9.02. The maximum absolute atomic E-state index is 12.2. The van der Waals surface area contributed by atoms with Crippen LogP contribution in [0.15, 0.2) is 18.2 Å². The lowest BCUT2D eigenvalue weighted by Crippen LogP contribution is -2.46. The average molecular weight is 412 g/mol. The quantitative estimate of drug-likeness (QED) is 0.591. The van der Waals surface area contributed by atoms with E-state index in [1.807, 2.05) is 0 Å². The number of anilines is 1. The van der Waals surface area contributed by atoms with Crippen molar-refractivity contribution in [2.24, 2.45) is 0 Å². The summed E-state index contributed by atoms with van der Waals surface area (Å²) in [7, 11) is 3.17. The molecule has 10 nitrogen and oxygen atoms in total. The van der Waals surface area contributed by atoms with E-state index in [4.69, 9.17) is 34.0 Å². The highest BCUT2D eigenvalue weighted by Gasteiger charge is 2.22. The Kier molecular flexibility index (Phi) is 9.90. The third-order valence-electron chi connectivity index (χ3n) is 4.01. The Balaban J connectivity index is 0.000000612. The molecule has 0 saturated carbocycles. The van der Waals surface area contributed by atoms with Gasteiger partial charge in [0.25, 0.3) is 0 Å². The fourth-order valence-corrected chi connectivity index (χ4v) is 2.85. The second-order valence-electron chi connectivity index (χ2n) is 6.49. The molecule has 1 fully saturated rings. The van der Waals surface area contributed by atoms with Gasteiger partial charge in [0.15, 0.2) is 0 Å². The number of nitrogens with one attached hydrogen (secondary N) is 1. The van der Waals surface area contributed by atoms with Crippen LogP contribution in [0.2, 0.25) is 0 Å². The van der Waals surface area contributed by atoms with Crippen molar-refractivity contribution < 1.29 is 38.8 Å². The molecule has 1 amide bonds. The number of carbonyl (C=O) groups excluding carboxylic acids is 1. The summed E-state index contributed by atoms with van der Waals surface area (Å²) in [5.74, 6) is -2.39. The molecule has 29 heavy (non-hydrogen) atoms. The number of carboxylic acids is 2. The molecule has 0 bridgehead atoms. The number of ether oxygens (including phenoxy) is 3. The van der Waals surface area contributed by atoms with Crippen LogP contribution in [0.25, 0.3) is 0 Å². The molecule has 0 radical (unpaired) electrons. The van der Waals surface area contributed by atoms with Crippen LogP contribution in [0.1, 0.15) is 20.3 Å². The van der Waals surface area contributed by atoms with E-state index in [0.717, 1.165) is 19.6 Å². The molecule has 1 aliphatic rings. The Labute approximate surface area is 169 Å². The number of hydrogen-bond donors (Lipinski definition) is 3. The molecule has 3 N–H and O–H groups in total. The first-order chi connectivity index (χ1) is 13.7. The largest absolute Gasteiger partial charge is 0.497 e. The topological polar surface area (TPSA) is 135 Å². The molecule has 1 aromatic rings. The van der Waals surface area contributed by atoms with E-state index in [9.17, 15) is 4.79 Å². The van der Waals surface area contributed by atoms with Crippen molar-refractivity contribution in [1.29, 1.82) is 0 Å². The molecule has 1 aromatic carbocycles. The molecule has 2 unspecified atom stereocenters. The zero-order chi connectivity index (χ0) is 22.0. The smallest absolute Gasteiger partial charge is 0.414 e. The van der Waals surface area contributed by atoms with Gasteiger partial charge in [-0.05, 0) is 26.0 Å². The first kappa shape index (κ1) is 24.2. The second-order valence-corrected chi connectivity index (χ2v) is 6.49. The number of benzene rings is 1. The van der Waals surface area contributed by atoms with Gasteiger partial charge in [0, 0.05) is 32.1 Å². The van der Waals surface area contributed by atoms with Gasteiger partial charge in [-0.3, -0.25) is 9.69 Å². The summed E-state index contributed by atoms with van der Waals surface area (Å²) in [5, 5.41) is 17.7. The first-order valence-electron chi connectivity index (χ1n) is 9.02. The summed E-state index contributed by atoms with van der Waals surface area (Å²) in [4.78, 5) is 32.7. The standard InChI is InChI=1S/C17H26N2O4.C2H2O4/c1-12-10-19(11-13(2)23-12)8-7-17(20)18-15-9-14(21-3)5-6-16(15)22-4;3-1(4)2(5)6/h5-6,9,12-13H,7-8,10-11H2,1-4H3,(H,18,20);(H,3,4)(H,5,6). The van der Waals surface area contributed by atoms with E-state index in [1.165, 1.54) is 0 Å². The van der Waals surface area contributed by atoms with Crippen LogP contribution in [-0.4, -0.2) is 79.0 Å². The van der Waals surface area contributed by atoms with Gasteiger partial charge in [0.1, 0.15) is 11.5 Å². The number of nitrogens with zero attached hydrogens (tertiary/aromatic N) is 1. The van der Waals surface area contributed by atoms with Crippen LogP contribution >= 0.6 is 0 Å². The van der Waals surface area contributed by atoms with Crippen molar-refractivity contribution >= 4 is 23.5 Å². The van der Waals surface area contributed by atoms with Gasteiger partial charge in [-0.25, -0.2) is 9.59 Å². The van der Waals surface area contributed by atoms with Crippen LogP contribution in [0.5, 0.6) is 11.5 Å². The summed E-state index contributed by atoms with van der Waals surface area (Å²) < 4.78 is 16.2. The van der Waals surface area contributed by atoms with Crippen molar-refractivity contribution in [1.82, 2.24) is 4.90 Å². The van der Waals surface area contributed by atoms with E-state index in [1.54, 1.807) is 32.4 Å². The number of methoxy groups -OCH3 is 2. The van der Waals surface area contributed by atoms with Crippen LogP contribution in [0, 0.1) is 0 Å². The lowest BCUT2D eigenvalue weighted by atomic mass is 10.2. The number of hydrogen-bond acceptors (Lipinski definition) is 7. The summed E-state index contributed by atoms with van der Waals surface area (Å²) in [5.41, 5.74) is 0.626. The van der Waals surface area contributed by atoms with Gasteiger partial charge < -0.3 is 29.7 Å². The molecule has 0 spiro atoms. The van der Waals surface area contributed by atoms with E-state index < -0.39 is 11.9 Å². The number of morpholine rings is 1. The summed E-state index contributed by atoms with van der Waals surface area (Å²) in [6, 6.07) is 5.33. The third-order valence-corrected chi connectivity index (χ3v) is 4.01. The van der Waals surface area contributed by atoms with Gasteiger partial charge in [0.05, 0.1) is 32.1 Å². The van der Waals surface area contributed by atoms with E-state index in [0.29, 0.717) is 23.6 Å². The van der Waals surface area contributed by atoms with Crippen molar-refractivity contribution in [3.05, 3.63) is 18.2 Å². The van der Waals surface area contributed by atoms with Gasteiger partial charge >= 0.3 is 11.9 Å². The lowest BCUT2D eigenvalue weighted by Gasteiger charge is -2.35. The Morgan fingerprint density at radius 1 is 1.10 bits per heavy atom. The molecular weight excluding hydrogens is 384 g/mol. The Morgan fingerprint density at radius 2 is 1.69 bits per heavy atom. The van der Waals surface area contributed by atoms with Crippen LogP contribution in [0.4, 0.5) is 5.69 Å². The molecule has 0 aromatic heterocycles. The lowest BCUT2D eigenvalue weighted by molar-refractivity contribution is -0.159. The van der Waals surface area contributed by atoms with E-state index >= 15 is 0 Å². The molecular formula is C19H28N2O8. The van der Waals surface area contributed by atoms with Gasteiger partial charge in [-0.2, -0.15) is 0 Å². The van der Waals surface area contributed by atoms with E-state index in [2.05, 4.69) is 24.1 Å². The average Bonchev–Trinajstić information content (AvgIpc) is 2.66. The minimum absolute atomic E-state index is 0.0386. The van der Waals surface area contributed by atoms with Gasteiger partial charge in [0.2, 0.25) is 5.91 Å². The van der Waals surface area contributed by atoms with Gasteiger partial charge in [-0.15, -0.1) is 0 Å². The zero-order valence-corrected chi connectivity index (χ0v) is 17.0. The molecule has 162 valence electrons. The number of rotatable bonds is 6. The summed E-state index contributed by atoms with van der Waals surface area (Å²) in [6.07, 6.45) is 0.848. The maximum atomic E-state index is 12.2. The molecule has 1 aliphatic heterocycles. The molecule has 1 heterocycles. The number of amides is 1.